The molecule has 0 heterocycles. The Bertz CT molecular complexity index is 214. The highest BCUT2D eigenvalue weighted by atomic mass is 16.4. The predicted octanol–water partition coefficient (Wildman–Crippen LogP) is -0.0509. The highest BCUT2D eigenvalue weighted by Crippen LogP contribution is 2.07. The van der Waals surface area contributed by atoms with Gasteiger partial charge in [0, 0.05) is 12.1 Å². The van der Waals surface area contributed by atoms with Crippen LogP contribution in [0, 0.1) is 5.92 Å². The number of carboxylic acid groups (broad SMARTS) is 1. The molecule has 0 spiro atoms. The first-order valence-corrected chi connectivity index (χ1v) is 4.62. The number of nitrogens with two attached hydrogens (primary N) is 1. The third-order valence-electron chi connectivity index (χ3n) is 1.80. The van der Waals surface area contributed by atoms with E-state index in [1.165, 1.54) is 0 Å². The predicted molar refractivity (Wildman–Crippen MR) is 52.7 cm³/mol. The number of nitrogens with one attached hydrogen (secondary N) is 1. The number of aliphatic carboxylic acids is 1. The number of hydrogen-bond acceptors (Lipinski definition) is 3. The van der Waals surface area contributed by atoms with Gasteiger partial charge in [-0.05, 0) is 20.8 Å². The maximum atomic E-state index is 11.5. The normalized spacial score (nSPS) is 14.9. The van der Waals surface area contributed by atoms with E-state index in [-0.39, 0.29) is 18.4 Å². The van der Waals surface area contributed by atoms with E-state index in [9.17, 15) is 9.59 Å². The largest absolute Gasteiger partial charge is 0.481 e. The third kappa shape index (κ3) is 4.81. The van der Waals surface area contributed by atoms with Gasteiger partial charge in [0.05, 0.1) is 12.3 Å². The van der Waals surface area contributed by atoms with Gasteiger partial charge in [0.15, 0.2) is 0 Å². The van der Waals surface area contributed by atoms with Crippen LogP contribution in [-0.4, -0.2) is 29.1 Å². The molecule has 0 rings (SSSR count). The Morgan fingerprint density at radius 2 is 1.86 bits per heavy atom. The van der Waals surface area contributed by atoms with Crippen LogP contribution >= 0.6 is 0 Å². The van der Waals surface area contributed by atoms with E-state index in [1.807, 2.05) is 13.8 Å². The summed E-state index contributed by atoms with van der Waals surface area (Å²) < 4.78 is 0. The van der Waals surface area contributed by atoms with Gasteiger partial charge in [0.2, 0.25) is 5.91 Å². The Balaban J connectivity index is 4.33. The van der Waals surface area contributed by atoms with Gasteiger partial charge in [-0.2, -0.15) is 0 Å². The average Bonchev–Trinajstić information content (AvgIpc) is 1.97. The standard InChI is InChI=1S/C9H18N2O3/c1-5(2)11-9(14)7(6(3)10)4-8(12)13/h5-7H,4,10H2,1-3H3,(H,11,14)(H,12,13). The van der Waals surface area contributed by atoms with Gasteiger partial charge in [-0.1, -0.05) is 0 Å². The lowest BCUT2D eigenvalue weighted by atomic mass is 9.97. The van der Waals surface area contributed by atoms with Gasteiger partial charge in [-0.25, -0.2) is 0 Å². The number of carbonyl (C=O) groups excluding carboxylic acids is 1. The summed E-state index contributed by atoms with van der Waals surface area (Å²) in [5, 5.41) is 11.2. The fourth-order valence-electron chi connectivity index (χ4n) is 1.10. The van der Waals surface area contributed by atoms with Crippen molar-refractivity contribution in [1.82, 2.24) is 5.32 Å². The van der Waals surface area contributed by atoms with Gasteiger partial charge in [0.1, 0.15) is 0 Å². The van der Waals surface area contributed by atoms with E-state index >= 15 is 0 Å². The van der Waals surface area contributed by atoms with E-state index in [2.05, 4.69) is 5.32 Å². The van der Waals surface area contributed by atoms with Crippen LogP contribution in [0.15, 0.2) is 0 Å². The van der Waals surface area contributed by atoms with E-state index in [4.69, 9.17) is 10.8 Å². The molecule has 0 aromatic carbocycles. The molecule has 5 heteroatoms. The lowest BCUT2D eigenvalue weighted by Gasteiger charge is -2.19. The monoisotopic (exact) mass is 202 g/mol. The summed E-state index contributed by atoms with van der Waals surface area (Å²) in [6.45, 7) is 5.27. The number of carboxylic acids is 1. The second-order valence-corrected chi connectivity index (χ2v) is 3.73. The summed E-state index contributed by atoms with van der Waals surface area (Å²) in [5.41, 5.74) is 5.54. The molecule has 0 aliphatic heterocycles. The molecule has 0 aliphatic carbocycles. The molecule has 82 valence electrons. The molecular weight excluding hydrogens is 184 g/mol. The molecule has 0 bridgehead atoms. The zero-order valence-electron chi connectivity index (χ0n) is 8.78. The van der Waals surface area contributed by atoms with Crippen molar-refractivity contribution in [2.45, 2.75) is 39.3 Å². The Morgan fingerprint density at radius 1 is 1.36 bits per heavy atom. The molecule has 4 N–H and O–H groups in total. The molecule has 14 heavy (non-hydrogen) atoms. The van der Waals surface area contributed by atoms with Crippen LogP contribution in [0.1, 0.15) is 27.2 Å². The maximum Gasteiger partial charge on any atom is 0.304 e. The van der Waals surface area contributed by atoms with Crippen molar-refractivity contribution < 1.29 is 14.7 Å². The number of amides is 1. The summed E-state index contributed by atoms with van der Waals surface area (Å²) in [7, 11) is 0. The van der Waals surface area contributed by atoms with Crippen LogP contribution < -0.4 is 11.1 Å². The van der Waals surface area contributed by atoms with Crippen molar-refractivity contribution in [2.75, 3.05) is 0 Å². The van der Waals surface area contributed by atoms with Crippen LogP contribution in [0.2, 0.25) is 0 Å². The van der Waals surface area contributed by atoms with Crippen LogP contribution in [-0.2, 0) is 9.59 Å². The second kappa shape index (κ2) is 5.59. The zero-order valence-corrected chi connectivity index (χ0v) is 8.78. The number of rotatable bonds is 5. The Labute approximate surface area is 83.7 Å². The summed E-state index contributed by atoms with van der Waals surface area (Å²) in [5.74, 6) is -1.96. The highest BCUT2D eigenvalue weighted by Gasteiger charge is 2.25. The Morgan fingerprint density at radius 3 is 2.14 bits per heavy atom. The van der Waals surface area contributed by atoms with Crippen molar-refractivity contribution >= 4 is 11.9 Å². The molecule has 0 aromatic rings. The lowest BCUT2D eigenvalue weighted by molar-refractivity contribution is -0.141. The number of hydrogen-bond donors (Lipinski definition) is 3. The highest BCUT2D eigenvalue weighted by molar-refractivity contribution is 5.83. The Hall–Kier alpha value is -1.10. The summed E-state index contributed by atoms with van der Waals surface area (Å²) >= 11 is 0. The van der Waals surface area contributed by atoms with Crippen molar-refractivity contribution in [3.8, 4) is 0 Å². The van der Waals surface area contributed by atoms with Crippen molar-refractivity contribution in [3.63, 3.8) is 0 Å². The topological polar surface area (TPSA) is 92.4 Å². The fraction of sp³-hybridized carbons (Fsp3) is 0.778. The number of carbonyl (C=O) groups is 2. The van der Waals surface area contributed by atoms with Crippen LogP contribution in [0.3, 0.4) is 0 Å². The first-order valence-electron chi connectivity index (χ1n) is 4.62. The van der Waals surface area contributed by atoms with Gasteiger partial charge in [-0.15, -0.1) is 0 Å². The first-order chi connectivity index (χ1) is 6.34. The third-order valence-corrected chi connectivity index (χ3v) is 1.80. The molecule has 0 radical (unpaired) electrons. The van der Waals surface area contributed by atoms with Crippen LogP contribution in [0.25, 0.3) is 0 Å². The summed E-state index contributed by atoms with van der Waals surface area (Å²) in [4.78, 5) is 21.9. The van der Waals surface area contributed by atoms with Crippen molar-refractivity contribution in [2.24, 2.45) is 11.7 Å². The summed E-state index contributed by atoms with van der Waals surface area (Å²) in [6.07, 6.45) is -0.226. The molecule has 1 amide bonds. The summed E-state index contributed by atoms with van der Waals surface area (Å²) in [6, 6.07) is -0.456. The van der Waals surface area contributed by atoms with Gasteiger partial charge < -0.3 is 16.2 Å². The minimum Gasteiger partial charge on any atom is -0.481 e. The van der Waals surface area contributed by atoms with Gasteiger partial charge >= 0.3 is 5.97 Å². The van der Waals surface area contributed by atoms with Gasteiger partial charge in [-0.3, -0.25) is 9.59 Å². The average molecular weight is 202 g/mol. The minimum atomic E-state index is -1.01. The van der Waals surface area contributed by atoms with Crippen molar-refractivity contribution in [1.29, 1.82) is 0 Å². The molecule has 2 atom stereocenters. The van der Waals surface area contributed by atoms with Crippen LogP contribution in [0.4, 0.5) is 0 Å². The van der Waals surface area contributed by atoms with E-state index in [1.54, 1.807) is 6.92 Å². The van der Waals surface area contributed by atoms with E-state index in [0.29, 0.717) is 0 Å². The SMILES string of the molecule is CC(C)NC(=O)C(CC(=O)O)C(C)N. The first kappa shape index (κ1) is 12.9. The van der Waals surface area contributed by atoms with Crippen molar-refractivity contribution in [3.05, 3.63) is 0 Å². The Kier molecular flexibility index (Phi) is 5.15. The molecule has 0 saturated carbocycles. The van der Waals surface area contributed by atoms with E-state index < -0.39 is 17.9 Å². The molecule has 2 unspecified atom stereocenters. The smallest absolute Gasteiger partial charge is 0.304 e. The molecule has 0 aliphatic rings. The fourth-order valence-corrected chi connectivity index (χ4v) is 1.10. The molecule has 0 fully saturated rings. The minimum absolute atomic E-state index is 0.00227. The van der Waals surface area contributed by atoms with E-state index in [0.717, 1.165) is 0 Å². The molecule has 5 nitrogen and oxygen atoms in total. The van der Waals surface area contributed by atoms with Gasteiger partial charge in [0.25, 0.3) is 0 Å². The molecule has 0 aromatic heterocycles. The maximum absolute atomic E-state index is 11.5. The van der Waals surface area contributed by atoms with Crippen LogP contribution in [0.5, 0.6) is 0 Å². The lowest BCUT2D eigenvalue weighted by Crippen LogP contribution is -2.43. The molecular formula is C9H18N2O3. The zero-order chi connectivity index (χ0) is 11.3. The quantitative estimate of drug-likeness (QED) is 0.582. The second-order valence-electron chi connectivity index (χ2n) is 3.73. The molecule has 0 saturated heterocycles.